The highest BCUT2D eigenvalue weighted by Crippen LogP contribution is 2.23. The number of ether oxygens (including phenoxy) is 1. The number of rotatable bonds is 9. The van der Waals surface area contributed by atoms with E-state index in [-0.39, 0.29) is 5.92 Å². The van der Waals surface area contributed by atoms with Gasteiger partial charge in [0.1, 0.15) is 6.10 Å². The molecule has 3 aromatic carbocycles. The van der Waals surface area contributed by atoms with Crippen LogP contribution in [0.15, 0.2) is 72.8 Å². The van der Waals surface area contributed by atoms with E-state index < -0.39 is 18.3 Å². The maximum atomic E-state index is 12.5. The monoisotopic (exact) mass is 425 g/mol. The molecule has 0 aliphatic carbocycles. The second-order valence-corrected chi connectivity index (χ2v) is 7.98. The van der Waals surface area contributed by atoms with Gasteiger partial charge >= 0.3 is 6.09 Å². The number of hydrogen-bond donors (Lipinski definition) is 2. The highest BCUT2D eigenvalue weighted by Gasteiger charge is 2.26. The van der Waals surface area contributed by atoms with Crippen LogP contribution in [0.4, 0.5) is 4.79 Å². The van der Waals surface area contributed by atoms with Crippen LogP contribution in [0.1, 0.15) is 24.5 Å². The van der Waals surface area contributed by atoms with E-state index >= 15 is 0 Å². The fourth-order valence-electron chi connectivity index (χ4n) is 3.60. The number of benzene rings is 3. The number of fused-ring (bicyclic) bond motifs is 1. The van der Waals surface area contributed by atoms with Crippen LogP contribution in [0.25, 0.3) is 10.8 Å². The Bertz CT molecular complexity index is 945. The van der Waals surface area contributed by atoms with Gasteiger partial charge in [-0.05, 0) is 35.2 Å². The molecule has 0 bridgehead atoms. The number of halogens is 1. The SMILES string of the molecule is C[C@H](O)CC(CCl)[C@H](Cc1ccc2ccccc2c1)OC(=O)NCc1ccccc1. The standard InChI is InChI=1S/C25H28ClNO3/c1-18(28)13-23(16-26)24(30-25(29)27-17-19-7-3-2-4-8-19)15-20-11-12-21-9-5-6-10-22(21)14-20/h2-12,14,18,23-24,28H,13,15-17H2,1H3,(H,27,29)/t18-,23?,24-/m0/s1. The van der Waals surface area contributed by atoms with Crippen molar-refractivity contribution in [2.75, 3.05) is 5.88 Å². The zero-order valence-corrected chi connectivity index (χ0v) is 17.9. The molecule has 0 fully saturated rings. The van der Waals surface area contributed by atoms with Crippen molar-refractivity contribution in [3.8, 4) is 0 Å². The van der Waals surface area contributed by atoms with Gasteiger partial charge in [-0.25, -0.2) is 4.79 Å². The quantitative estimate of drug-likeness (QED) is 0.457. The normalized spacial score (nSPS) is 14.1. The minimum absolute atomic E-state index is 0.152. The van der Waals surface area contributed by atoms with Crippen LogP contribution in [0.3, 0.4) is 0 Å². The third-order valence-corrected chi connectivity index (χ3v) is 5.55. The van der Waals surface area contributed by atoms with E-state index in [1.54, 1.807) is 6.92 Å². The lowest BCUT2D eigenvalue weighted by molar-refractivity contribution is 0.0474. The molecule has 3 atom stereocenters. The van der Waals surface area contributed by atoms with Crippen molar-refractivity contribution < 1.29 is 14.6 Å². The van der Waals surface area contributed by atoms with Crippen LogP contribution in [-0.4, -0.2) is 29.3 Å². The third kappa shape index (κ3) is 6.48. The molecule has 0 radical (unpaired) electrons. The van der Waals surface area contributed by atoms with E-state index in [1.165, 1.54) is 0 Å². The summed E-state index contributed by atoms with van der Waals surface area (Å²) < 4.78 is 5.80. The largest absolute Gasteiger partial charge is 0.446 e. The Morgan fingerprint density at radius 3 is 2.40 bits per heavy atom. The average molecular weight is 426 g/mol. The van der Waals surface area contributed by atoms with Gasteiger partial charge in [-0.2, -0.15) is 0 Å². The number of hydrogen-bond acceptors (Lipinski definition) is 3. The molecule has 3 aromatic rings. The Labute approximate surface area is 182 Å². The summed E-state index contributed by atoms with van der Waals surface area (Å²) in [6.07, 6.45) is -0.440. The number of aliphatic hydroxyl groups is 1. The molecule has 1 unspecified atom stereocenters. The molecule has 158 valence electrons. The van der Waals surface area contributed by atoms with Crippen molar-refractivity contribution in [1.29, 1.82) is 0 Å². The number of carbonyl (C=O) groups is 1. The molecular formula is C25H28ClNO3. The molecule has 0 saturated carbocycles. The second kappa shape index (κ2) is 11.0. The lowest BCUT2D eigenvalue weighted by atomic mass is 9.92. The van der Waals surface area contributed by atoms with Crippen LogP contribution >= 0.6 is 11.6 Å². The van der Waals surface area contributed by atoms with Crippen molar-refractivity contribution in [2.24, 2.45) is 5.92 Å². The first kappa shape index (κ1) is 22.1. The van der Waals surface area contributed by atoms with Crippen molar-refractivity contribution in [3.63, 3.8) is 0 Å². The maximum absolute atomic E-state index is 12.5. The topological polar surface area (TPSA) is 58.6 Å². The summed E-state index contributed by atoms with van der Waals surface area (Å²) in [5.41, 5.74) is 2.06. The summed E-state index contributed by atoms with van der Waals surface area (Å²) in [6, 6.07) is 24.1. The summed E-state index contributed by atoms with van der Waals surface area (Å²) in [4.78, 5) is 12.5. The Hall–Kier alpha value is -2.56. The van der Waals surface area contributed by atoms with Crippen LogP contribution < -0.4 is 5.32 Å². The molecule has 4 nitrogen and oxygen atoms in total. The molecule has 3 rings (SSSR count). The van der Waals surface area contributed by atoms with Gasteiger partial charge in [0.05, 0.1) is 6.10 Å². The van der Waals surface area contributed by atoms with Gasteiger partial charge in [0.15, 0.2) is 0 Å². The smallest absolute Gasteiger partial charge is 0.407 e. The number of amides is 1. The fourth-order valence-corrected chi connectivity index (χ4v) is 3.93. The molecule has 0 spiro atoms. The van der Waals surface area contributed by atoms with Crippen molar-refractivity contribution in [3.05, 3.63) is 83.9 Å². The molecule has 1 amide bonds. The van der Waals surface area contributed by atoms with E-state index in [9.17, 15) is 9.90 Å². The van der Waals surface area contributed by atoms with Crippen LogP contribution in [0.5, 0.6) is 0 Å². The van der Waals surface area contributed by atoms with Crippen molar-refractivity contribution >= 4 is 28.5 Å². The summed E-state index contributed by atoms with van der Waals surface area (Å²) in [7, 11) is 0. The van der Waals surface area contributed by atoms with E-state index in [0.29, 0.717) is 25.3 Å². The zero-order valence-electron chi connectivity index (χ0n) is 17.1. The lowest BCUT2D eigenvalue weighted by Gasteiger charge is -2.27. The fraction of sp³-hybridized carbons (Fsp3) is 0.320. The average Bonchev–Trinajstić information content (AvgIpc) is 2.76. The molecule has 0 aliphatic rings. The first-order valence-electron chi connectivity index (χ1n) is 10.2. The van der Waals surface area contributed by atoms with E-state index in [0.717, 1.165) is 21.9 Å². The summed E-state index contributed by atoms with van der Waals surface area (Å²) in [5, 5.41) is 15.0. The molecule has 0 aliphatic heterocycles. The highest BCUT2D eigenvalue weighted by atomic mass is 35.5. The number of alkyl halides is 1. The minimum Gasteiger partial charge on any atom is -0.446 e. The van der Waals surface area contributed by atoms with Gasteiger partial charge < -0.3 is 15.2 Å². The Kier molecular flexibility index (Phi) is 8.12. The summed E-state index contributed by atoms with van der Waals surface area (Å²) in [5.74, 6) is 0.148. The van der Waals surface area contributed by atoms with Gasteiger partial charge in [-0.15, -0.1) is 11.6 Å². The lowest BCUT2D eigenvalue weighted by Crippen LogP contribution is -2.36. The molecule has 0 aromatic heterocycles. The van der Waals surface area contributed by atoms with Gasteiger partial charge in [0, 0.05) is 24.8 Å². The number of aliphatic hydroxyl groups excluding tert-OH is 1. The summed E-state index contributed by atoms with van der Waals surface area (Å²) in [6.45, 7) is 2.12. The first-order valence-corrected chi connectivity index (χ1v) is 10.8. The molecule has 2 N–H and O–H groups in total. The van der Waals surface area contributed by atoms with Crippen molar-refractivity contribution in [2.45, 2.75) is 38.5 Å². The van der Waals surface area contributed by atoms with Crippen LogP contribution in [-0.2, 0) is 17.7 Å². The third-order valence-electron chi connectivity index (χ3n) is 5.16. The van der Waals surface area contributed by atoms with Crippen LogP contribution in [0, 0.1) is 5.92 Å². The van der Waals surface area contributed by atoms with E-state index in [1.807, 2.05) is 48.5 Å². The minimum atomic E-state index is -0.524. The molecule has 30 heavy (non-hydrogen) atoms. The Morgan fingerprint density at radius 2 is 1.70 bits per heavy atom. The predicted octanol–water partition coefficient (Wildman–Crippen LogP) is 5.30. The zero-order chi connectivity index (χ0) is 21.3. The molecular weight excluding hydrogens is 398 g/mol. The number of alkyl carbamates (subject to hydrolysis) is 1. The second-order valence-electron chi connectivity index (χ2n) is 7.67. The Morgan fingerprint density at radius 1 is 1.00 bits per heavy atom. The maximum Gasteiger partial charge on any atom is 0.407 e. The van der Waals surface area contributed by atoms with Crippen molar-refractivity contribution in [1.82, 2.24) is 5.32 Å². The van der Waals surface area contributed by atoms with E-state index in [2.05, 4.69) is 29.6 Å². The summed E-state index contributed by atoms with van der Waals surface area (Å²) >= 11 is 6.20. The highest BCUT2D eigenvalue weighted by molar-refractivity contribution is 6.18. The predicted molar refractivity (Wildman–Crippen MR) is 122 cm³/mol. The van der Waals surface area contributed by atoms with Gasteiger partial charge in [-0.3, -0.25) is 0 Å². The Balaban J connectivity index is 1.72. The van der Waals surface area contributed by atoms with Gasteiger partial charge in [-0.1, -0.05) is 72.8 Å². The van der Waals surface area contributed by atoms with Crippen LogP contribution in [0.2, 0.25) is 0 Å². The van der Waals surface area contributed by atoms with Gasteiger partial charge in [0.2, 0.25) is 0 Å². The molecule has 0 saturated heterocycles. The first-order chi connectivity index (χ1) is 14.5. The number of carbonyl (C=O) groups excluding carboxylic acids is 1. The van der Waals surface area contributed by atoms with E-state index in [4.69, 9.17) is 16.3 Å². The number of nitrogens with one attached hydrogen (secondary N) is 1. The van der Waals surface area contributed by atoms with Gasteiger partial charge in [0.25, 0.3) is 0 Å². The molecule has 0 heterocycles. The molecule has 5 heteroatoms.